The number of aromatic carboxylic acids is 1. The number of carboxylic acids is 1. The van der Waals surface area contributed by atoms with Crippen LogP contribution in [0.5, 0.6) is 0 Å². The van der Waals surface area contributed by atoms with E-state index in [9.17, 15) is 9.59 Å². The van der Waals surface area contributed by atoms with Crippen molar-refractivity contribution in [1.29, 1.82) is 0 Å². The van der Waals surface area contributed by atoms with E-state index in [4.69, 9.17) is 9.84 Å². The summed E-state index contributed by atoms with van der Waals surface area (Å²) in [7, 11) is 0. The topological polar surface area (TPSA) is 117 Å². The third-order valence-electron chi connectivity index (χ3n) is 4.44. The van der Waals surface area contributed by atoms with Gasteiger partial charge in [0.2, 0.25) is 0 Å². The molecule has 2 aromatic rings. The number of carboxylic acid groups (broad SMARTS) is 1. The van der Waals surface area contributed by atoms with Crippen LogP contribution in [-0.4, -0.2) is 57.8 Å². The molecule has 2 heterocycles. The second-order valence-corrected chi connectivity index (χ2v) is 6.40. The van der Waals surface area contributed by atoms with Crippen LogP contribution in [0.4, 0.5) is 22.1 Å². The van der Waals surface area contributed by atoms with Crippen LogP contribution >= 0.6 is 0 Å². The van der Waals surface area contributed by atoms with Crippen molar-refractivity contribution >= 4 is 29.4 Å². The number of piperidine rings is 1. The van der Waals surface area contributed by atoms with Gasteiger partial charge < -0.3 is 25.4 Å². The zero-order valence-electron chi connectivity index (χ0n) is 15.6. The molecule has 1 aromatic heterocycles. The molecule has 1 amide bonds. The minimum atomic E-state index is -0.964. The van der Waals surface area contributed by atoms with E-state index in [1.165, 1.54) is 18.5 Å². The Bertz CT molecular complexity index is 819. The number of nitrogens with zero attached hydrogens (tertiary/aromatic N) is 3. The highest BCUT2D eigenvalue weighted by Gasteiger charge is 2.23. The maximum atomic E-state index is 11.8. The molecule has 1 saturated heterocycles. The molecule has 28 heavy (non-hydrogen) atoms. The molecule has 3 rings (SSSR count). The first-order valence-corrected chi connectivity index (χ1v) is 9.16. The Kier molecular flexibility index (Phi) is 6.25. The molecular weight excluding hydrogens is 362 g/mol. The molecule has 148 valence electrons. The molecule has 0 unspecified atom stereocenters. The Labute approximate surface area is 162 Å². The predicted octanol–water partition coefficient (Wildman–Crippen LogP) is 2.95. The largest absolute Gasteiger partial charge is 0.478 e. The zero-order valence-corrected chi connectivity index (χ0v) is 15.6. The average molecular weight is 385 g/mol. The molecule has 0 spiro atoms. The van der Waals surface area contributed by atoms with Crippen molar-refractivity contribution in [3.05, 3.63) is 42.2 Å². The van der Waals surface area contributed by atoms with Crippen LogP contribution < -0.4 is 10.6 Å². The maximum absolute atomic E-state index is 11.8. The summed E-state index contributed by atoms with van der Waals surface area (Å²) in [5.41, 5.74) is 0.960. The van der Waals surface area contributed by atoms with Gasteiger partial charge in [0.1, 0.15) is 18.0 Å². The fourth-order valence-electron chi connectivity index (χ4n) is 2.98. The Morgan fingerprint density at radius 1 is 1.18 bits per heavy atom. The fourth-order valence-corrected chi connectivity index (χ4v) is 2.98. The molecule has 0 aliphatic carbocycles. The summed E-state index contributed by atoms with van der Waals surface area (Å²) in [4.78, 5) is 32.8. The van der Waals surface area contributed by atoms with Crippen LogP contribution in [-0.2, 0) is 4.74 Å². The Hall–Kier alpha value is -3.36. The average Bonchev–Trinajstić information content (AvgIpc) is 2.69. The minimum absolute atomic E-state index is 0.211. The van der Waals surface area contributed by atoms with E-state index in [0.717, 1.165) is 18.5 Å². The third kappa shape index (κ3) is 5.09. The molecule has 0 atom stereocenters. The normalized spacial score (nSPS) is 14.4. The number of anilines is 3. The number of carbonyl (C=O) groups excluding carboxylic acids is 1. The summed E-state index contributed by atoms with van der Waals surface area (Å²) in [6, 6.07) is 8.43. The highest BCUT2D eigenvalue weighted by atomic mass is 16.6. The van der Waals surface area contributed by atoms with Gasteiger partial charge in [-0.3, -0.25) is 0 Å². The van der Waals surface area contributed by atoms with Crippen molar-refractivity contribution in [1.82, 2.24) is 14.9 Å². The first kappa shape index (κ1) is 19.4. The number of hydrogen-bond acceptors (Lipinski definition) is 7. The Morgan fingerprint density at radius 2 is 1.86 bits per heavy atom. The van der Waals surface area contributed by atoms with Crippen LogP contribution in [0.25, 0.3) is 0 Å². The van der Waals surface area contributed by atoms with Crippen LogP contribution in [0.3, 0.4) is 0 Å². The molecule has 0 saturated carbocycles. The molecule has 0 bridgehead atoms. The van der Waals surface area contributed by atoms with Crippen LogP contribution in [0.1, 0.15) is 30.1 Å². The quantitative estimate of drug-likeness (QED) is 0.695. The second-order valence-electron chi connectivity index (χ2n) is 6.40. The maximum Gasteiger partial charge on any atom is 0.409 e. The number of benzene rings is 1. The molecular formula is C19H23N5O4. The van der Waals surface area contributed by atoms with Gasteiger partial charge in [-0.25, -0.2) is 19.6 Å². The van der Waals surface area contributed by atoms with Gasteiger partial charge in [-0.05, 0) is 44.0 Å². The lowest BCUT2D eigenvalue weighted by Gasteiger charge is -2.31. The number of hydrogen-bond donors (Lipinski definition) is 3. The molecule has 9 heteroatoms. The van der Waals surface area contributed by atoms with Gasteiger partial charge >= 0.3 is 12.1 Å². The van der Waals surface area contributed by atoms with E-state index in [0.29, 0.717) is 31.3 Å². The minimum Gasteiger partial charge on any atom is -0.478 e. The summed E-state index contributed by atoms with van der Waals surface area (Å²) in [5, 5.41) is 15.5. The third-order valence-corrected chi connectivity index (χ3v) is 4.44. The van der Waals surface area contributed by atoms with Gasteiger partial charge in [0, 0.05) is 30.9 Å². The van der Waals surface area contributed by atoms with Gasteiger partial charge in [0.15, 0.2) is 0 Å². The highest BCUT2D eigenvalue weighted by Crippen LogP contribution is 2.20. The molecule has 3 N–H and O–H groups in total. The van der Waals surface area contributed by atoms with Gasteiger partial charge in [-0.1, -0.05) is 0 Å². The first-order chi connectivity index (χ1) is 13.5. The summed E-state index contributed by atoms with van der Waals surface area (Å²) < 4.78 is 5.03. The lowest BCUT2D eigenvalue weighted by Crippen LogP contribution is -2.42. The predicted molar refractivity (Wildman–Crippen MR) is 104 cm³/mol. The number of carbonyl (C=O) groups is 2. The molecule has 1 aliphatic heterocycles. The fraction of sp³-hybridized carbons (Fsp3) is 0.368. The summed E-state index contributed by atoms with van der Waals surface area (Å²) in [6.45, 7) is 3.46. The van der Waals surface area contributed by atoms with E-state index in [1.807, 2.05) is 0 Å². The number of aromatic nitrogens is 2. The van der Waals surface area contributed by atoms with Crippen molar-refractivity contribution in [2.24, 2.45) is 0 Å². The number of amides is 1. The van der Waals surface area contributed by atoms with E-state index < -0.39 is 5.97 Å². The smallest absolute Gasteiger partial charge is 0.409 e. The Balaban J connectivity index is 1.55. The van der Waals surface area contributed by atoms with Gasteiger partial charge in [0.05, 0.1) is 12.2 Å². The monoisotopic (exact) mass is 385 g/mol. The molecule has 1 aromatic carbocycles. The van der Waals surface area contributed by atoms with Crippen molar-refractivity contribution < 1.29 is 19.4 Å². The lowest BCUT2D eigenvalue weighted by atomic mass is 10.1. The highest BCUT2D eigenvalue weighted by molar-refractivity contribution is 5.88. The summed E-state index contributed by atoms with van der Waals surface area (Å²) >= 11 is 0. The summed E-state index contributed by atoms with van der Waals surface area (Å²) in [5.74, 6) is 0.327. The van der Waals surface area contributed by atoms with Crippen molar-refractivity contribution in [2.75, 3.05) is 30.3 Å². The van der Waals surface area contributed by atoms with Crippen molar-refractivity contribution in [2.45, 2.75) is 25.8 Å². The molecule has 0 radical (unpaired) electrons. The lowest BCUT2D eigenvalue weighted by molar-refractivity contribution is 0.0696. The number of ether oxygens (including phenoxy) is 1. The summed E-state index contributed by atoms with van der Waals surface area (Å²) in [6.07, 6.45) is 2.82. The van der Waals surface area contributed by atoms with Crippen molar-refractivity contribution in [3.63, 3.8) is 0 Å². The first-order valence-electron chi connectivity index (χ1n) is 9.16. The zero-order chi connectivity index (χ0) is 19.9. The van der Waals surface area contributed by atoms with E-state index in [-0.39, 0.29) is 17.7 Å². The molecule has 9 nitrogen and oxygen atoms in total. The number of likely N-dealkylation sites (tertiary alicyclic amines) is 1. The van der Waals surface area contributed by atoms with Crippen LogP contribution in [0.15, 0.2) is 36.7 Å². The molecule has 1 aliphatic rings. The Morgan fingerprint density at radius 3 is 2.50 bits per heavy atom. The van der Waals surface area contributed by atoms with Gasteiger partial charge in [-0.2, -0.15) is 0 Å². The van der Waals surface area contributed by atoms with E-state index in [1.54, 1.807) is 30.0 Å². The molecule has 1 fully saturated rings. The SMILES string of the molecule is CCOC(=O)N1CCC(Nc2cc(Nc3ccc(C(=O)O)cc3)ncn2)CC1. The van der Waals surface area contributed by atoms with Crippen LogP contribution in [0, 0.1) is 0 Å². The van der Waals surface area contributed by atoms with E-state index in [2.05, 4.69) is 20.6 Å². The number of rotatable bonds is 6. The second kappa shape index (κ2) is 9.03. The van der Waals surface area contributed by atoms with Gasteiger partial charge in [0.25, 0.3) is 0 Å². The van der Waals surface area contributed by atoms with Crippen LogP contribution in [0.2, 0.25) is 0 Å². The van der Waals surface area contributed by atoms with Crippen molar-refractivity contribution in [3.8, 4) is 0 Å². The van der Waals surface area contributed by atoms with Gasteiger partial charge in [-0.15, -0.1) is 0 Å². The van der Waals surface area contributed by atoms with E-state index >= 15 is 0 Å². The number of nitrogens with one attached hydrogen (secondary N) is 2. The standard InChI is InChI=1S/C19H23N5O4/c1-2-28-19(27)24-9-7-15(8-10-24)23-17-11-16(20-12-21-17)22-14-5-3-13(4-6-14)18(25)26/h3-6,11-12,15H,2,7-10H2,1H3,(H,25,26)(H2,20,21,22,23).